The molecule has 4 aromatic rings. The molecule has 23 heavy (non-hydrogen) atoms. The van der Waals surface area contributed by atoms with Crippen molar-refractivity contribution in [2.24, 2.45) is 0 Å². The predicted molar refractivity (Wildman–Crippen MR) is 87.7 cm³/mol. The Morgan fingerprint density at radius 3 is 2.61 bits per heavy atom. The molecule has 1 atom stereocenters. The summed E-state index contributed by atoms with van der Waals surface area (Å²) >= 11 is 0. The number of pyridine rings is 1. The van der Waals surface area contributed by atoms with Gasteiger partial charge >= 0.3 is 0 Å². The van der Waals surface area contributed by atoms with Gasteiger partial charge in [-0.05, 0) is 23.3 Å². The molecule has 0 radical (unpaired) electrons. The molecule has 0 fully saturated rings. The van der Waals surface area contributed by atoms with Crippen LogP contribution in [-0.4, -0.2) is 15.0 Å². The van der Waals surface area contributed by atoms with E-state index in [0.717, 1.165) is 16.8 Å². The van der Waals surface area contributed by atoms with Gasteiger partial charge in [0.05, 0.1) is 17.8 Å². The van der Waals surface area contributed by atoms with E-state index >= 15 is 0 Å². The Kier molecular flexibility index (Phi) is 3.35. The lowest BCUT2D eigenvalue weighted by Gasteiger charge is -2.18. The van der Waals surface area contributed by atoms with Crippen molar-refractivity contribution in [1.82, 2.24) is 15.0 Å². The van der Waals surface area contributed by atoms with Gasteiger partial charge in [0, 0.05) is 23.5 Å². The van der Waals surface area contributed by atoms with Crippen LogP contribution in [-0.2, 0) is 0 Å². The van der Waals surface area contributed by atoms with E-state index in [-0.39, 0.29) is 11.7 Å². The summed E-state index contributed by atoms with van der Waals surface area (Å²) in [6, 6.07) is 17.1. The van der Waals surface area contributed by atoms with Gasteiger partial charge in [0.1, 0.15) is 5.82 Å². The summed E-state index contributed by atoms with van der Waals surface area (Å²) in [4.78, 5) is 11.6. The topological polar surface area (TPSA) is 41.6 Å². The standard InChI is InChI=1S/C19H14FN3/c20-15-9-10-22-16-8-4-7-14(19(15)16)18(17-11-21-12-23-17)13-5-2-1-3-6-13/h1-12,18H,(H,21,23). The Balaban J connectivity index is 2.02. The van der Waals surface area contributed by atoms with Gasteiger partial charge in [-0.15, -0.1) is 0 Å². The highest BCUT2D eigenvalue weighted by molar-refractivity contribution is 5.84. The number of imidazole rings is 1. The molecule has 1 N–H and O–H groups in total. The number of aromatic nitrogens is 3. The molecule has 0 saturated carbocycles. The Hall–Kier alpha value is -3.01. The molecule has 0 aliphatic rings. The van der Waals surface area contributed by atoms with Gasteiger partial charge in [-0.25, -0.2) is 9.37 Å². The third kappa shape index (κ3) is 2.38. The van der Waals surface area contributed by atoms with Crippen molar-refractivity contribution < 1.29 is 4.39 Å². The summed E-state index contributed by atoms with van der Waals surface area (Å²) in [5.41, 5.74) is 3.53. The summed E-state index contributed by atoms with van der Waals surface area (Å²) in [7, 11) is 0. The number of aromatic amines is 1. The fourth-order valence-electron chi connectivity index (χ4n) is 3.03. The van der Waals surface area contributed by atoms with Crippen LogP contribution in [0.3, 0.4) is 0 Å². The van der Waals surface area contributed by atoms with E-state index in [2.05, 4.69) is 15.0 Å². The number of nitrogens with zero attached hydrogens (tertiary/aromatic N) is 2. The van der Waals surface area contributed by atoms with E-state index in [1.807, 2.05) is 48.5 Å². The Morgan fingerprint density at radius 2 is 1.83 bits per heavy atom. The molecule has 2 heterocycles. The smallest absolute Gasteiger partial charge is 0.134 e. The molecule has 2 aromatic carbocycles. The van der Waals surface area contributed by atoms with Crippen molar-refractivity contribution in [3.63, 3.8) is 0 Å². The maximum atomic E-state index is 14.5. The molecule has 0 spiro atoms. The number of fused-ring (bicyclic) bond motifs is 1. The third-order valence-corrected chi connectivity index (χ3v) is 4.02. The molecular weight excluding hydrogens is 289 g/mol. The highest BCUT2D eigenvalue weighted by atomic mass is 19.1. The zero-order chi connectivity index (χ0) is 15.6. The molecule has 4 heteroatoms. The monoisotopic (exact) mass is 303 g/mol. The summed E-state index contributed by atoms with van der Waals surface area (Å²) in [5, 5.41) is 0.554. The first kappa shape index (κ1) is 13.6. The Morgan fingerprint density at radius 1 is 0.957 bits per heavy atom. The zero-order valence-corrected chi connectivity index (χ0v) is 12.3. The van der Waals surface area contributed by atoms with E-state index in [0.29, 0.717) is 10.9 Å². The van der Waals surface area contributed by atoms with Crippen LogP contribution < -0.4 is 0 Å². The van der Waals surface area contributed by atoms with Crippen LogP contribution in [0.15, 0.2) is 73.3 Å². The van der Waals surface area contributed by atoms with Crippen molar-refractivity contribution in [2.75, 3.05) is 0 Å². The van der Waals surface area contributed by atoms with E-state index in [1.54, 1.807) is 12.5 Å². The van der Waals surface area contributed by atoms with Crippen LogP contribution in [0, 0.1) is 5.82 Å². The molecular formula is C19H14FN3. The second-order valence-corrected chi connectivity index (χ2v) is 5.38. The van der Waals surface area contributed by atoms with E-state index in [1.165, 1.54) is 12.3 Å². The average Bonchev–Trinajstić information content (AvgIpc) is 3.11. The van der Waals surface area contributed by atoms with E-state index in [9.17, 15) is 4.39 Å². The number of nitrogens with one attached hydrogen (secondary N) is 1. The van der Waals surface area contributed by atoms with Crippen LogP contribution in [0.2, 0.25) is 0 Å². The van der Waals surface area contributed by atoms with Gasteiger partial charge in [0.2, 0.25) is 0 Å². The SMILES string of the molecule is Fc1ccnc2cccc(C(c3ccccc3)c3cnc[nH]3)c12. The number of hydrogen-bond acceptors (Lipinski definition) is 2. The van der Waals surface area contributed by atoms with Crippen LogP contribution in [0.1, 0.15) is 22.7 Å². The normalized spacial score (nSPS) is 12.4. The summed E-state index contributed by atoms with van der Waals surface area (Å²) in [6.07, 6.45) is 4.92. The Bertz CT molecular complexity index is 928. The predicted octanol–water partition coefficient (Wildman–Crippen LogP) is 4.28. The summed E-state index contributed by atoms with van der Waals surface area (Å²) < 4.78 is 14.5. The molecule has 112 valence electrons. The highest BCUT2D eigenvalue weighted by Gasteiger charge is 2.21. The van der Waals surface area contributed by atoms with Crippen LogP contribution in [0.25, 0.3) is 10.9 Å². The lowest BCUT2D eigenvalue weighted by atomic mass is 9.86. The molecule has 1 unspecified atom stereocenters. The van der Waals surface area contributed by atoms with E-state index in [4.69, 9.17) is 0 Å². The van der Waals surface area contributed by atoms with Crippen LogP contribution in [0.4, 0.5) is 4.39 Å². The van der Waals surface area contributed by atoms with Crippen LogP contribution in [0.5, 0.6) is 0 Å². The van der Waals surface area contributed by atoms with Gasteiger partial charge in [-0.1, -0.05) is 42.5 Å². The number of benzene rings is 2. The molecule has 4 rings (SSSR count). The first-order valence-corrected chi connectivity index (χ1v) is 7.41. The molecule has 3 nitrogen and oxygen atoms in total. The largest absolute Gasteiger partial charge is 0.348 e. The van der Waals surface area contributed by atoms with Gasteiger partial charge in [-0.3, -0.25) is 4.98 Å². The zero-order valence-electron chi connectivity index (χ0n) is 12.3. The van der Waals surface area contributed by atoms with Crippen molar-refractivity contribution in [3.05, 3.63) is 96.0 Å². The minimum Gasteiger partial charge on any atom is -0.348 e. The number of H-pyrrole nitrogens is 1. The highest BCUT2D eigenvalue weighted by Crippen LogP contribution is 2.35. The first-order valence-electron chi connectivity index (χ1n) is 7.41. The summed E-state index contributed by atoms with van der Waals surface area (Å²) in [5.74, 6) is -0.382. The van der Waals surface area contributed by atoms with Crippen LogP contribution >= 0.6 is 0 Å². The molecule has 2 aromatic heterocycles. The maximum Gasteiger partial charge on any atom is 0.134 e. The second kappa shape index (κ2) is 5.65. The van der Waals surface area contributed by atoms with Gasteiger partial charge in [0.25, 0.3) is 0 Å². The quantitative estimate of drug-likeness (QED) is 0.614. The molecule has 0 amide bonds. The molecule has 0 aliphatic heterocycles. The fraction of sp³-hybridized carbons (Fsp3) is 0.0526. The lowest BCUT2D eigenvalue weighted by Crippen LogP contribution is -2.05. The number of hydrogen-bond donors (Lipinski definition) is 1. The lowest BCUT2D eigenvalue weighted by molar-refractivity contribution is 0.637. The van der Waals surface area contributed by atoms with Gasteiger partial charge in [0.15, 0.2) is 0 Å². The van der Waals surface area contributed by atoms with Crippen molar-refractivity contribution >= 4 is 10.9 Å². The first-order chi connectivity index (χ1) is 11.3. The molecule has 0 saturated heterocycles. The second-order valence-electron chi connectivity index (χ2n) is 5.38. The van der Waals surface area contributed by atoms with E-state index < -0.39 is 0 Å². The average molecular weight is 303 g/mol. The molecule has 0 aliphatic carbocycles. The van der Waals surface area contributed by atoms with Crippen molar-refractivity contribution in [3.8, 4) is 0 Å². The fourth-order valence-corrected chi connectivity index (χ4v) is 3.03. The number of halogens is 1. The maximum absolute atomic E-state index is 14.5. The van der Waals surface area contributed by atoms with Gasteiger partial charge < -0.3 is 4.98 Å². The third-order valence-electron chi connectivity index (χ3n) is 4.02. The Labute approximate surface area is 132 Å². The number of rotatable bonds is 3. The minimum atomic E-state index is -0.258. The minimum absolute atomic E-state index is 0.124. The summed E-state index contributed by atoms with van der Waals surface area (Å²) in [6.45, 7) is 0. The molecule has 0 bridgehead atoms. The van der Waals surface area contributed by atoms with Crippen molar-refractivity contribution in [1.29, 1.82) is 0 Å². The van der Waals surface area contributed by atoms with Gasteiger partial charge in [-0.2, -0.15) is 0 Å². The van der Waals surface area contributed by atoms with Crippen molar-refractivity contribution in [2.45, 2.75) is 5.92 Å².